The van der Waals surface area contributed by atoms with Crippen LogP contribution in [0.25, 0.3) is 0 Å². The minimum atomic E-state index is -0.533. The van der Waals surface area contributed by atoms with E-state index < -0.39 is 5.97 Å². The van der Waals surface area contributed by atoms with E-state index in [-0.39, 0.29) is 12.3 Å². The molecule has 0 spiro atoms. The number of benzene rings is 1. The number of halogens is 1. The third kappa shape index (κ3) is 2.61. The Morgan fingerprint density at radius 1 is 1.54 bits per heavy atom. The van der Waals surface area contributed by atoms with Crippen LogP contribution in [0.3, 0.4) is 0 Å². The normalized spacial score (nSPS) is 9.69. The quantitative estimate of drug-likeness (QED) is 0.420. The highest BCUT2D eigenvalue weighted by atomic mass is 35.5. The minimum Gasteiger partial charge on any atom is -0.423 e. The number of nitrogens with two attached hydrogens (primary N) is 2. The second-order valence-corrected chi connectivity index (χ2v) is 2.80. The van der Waals surface area contributed by atoms with E-state index in [1.54, 1.807) is 6.07 Å². The highest BCUT2D eigenvalue weighted by Crippen LogP contribution is 2.24. The molecule has 1 aromatic carbocycles. The number of esters is 1. The second-order valence-electron chi connectivity index (χ2n) is 2.36. The van der Waals surface area contributed by atoms with Gasteiger partial charge in [-0.05, 0) is 18.2 Å². The summed E-state index contributed by atoms with van der Waals surface area (Å²) < 4.78 is 4.80. The van der Waals surface area contributed by atoms with E-state index in [2.05, 4.69) is 0 Å². The number of anilines is 1. The standard InChI is InChI=1S/C8H9ClN2O2/c9-5-1-2-7(6(11)3-5)13-8(12)4-10/h1-3H,4,10-11H2. The van der Waals surface area contributed by atoms with E-state index in [0.717, 1.165) is 0 Å². The summed E-state index contributed by atoms with van der Waals surface area (Å²) in [4.78, 5) is 10.8. The summed E-state index contributed by atoms with van der Waals surface area (Å²) in [6.07, 6.45) is 0. The lowest BCUT2D eigenvalue weighted by atomic mass is 10.3. The van der Waals surface area contributed by atoms with Crippen molar-refractivity contribution in [1.29, 1.82) is 0 Å². The van der Waals surface area contributed by atoms with Crippen molar-refractivity contribution in [3.8, 4) is 5.75 Å². The topological polar surface area (TPSA) is 78.3 Å². The number of rotatable bonds is 2. The van der Waals surface area contributed by atoms with E-state index in [0.29, 0.717) is 10.7 Å². The molecule has 0 radical (unpaired) electrons. The molecule has 0 bridgehead atoms. The van der Waals surface area contributed by atoms with Gasteiger partial charge >= 0.3 is 5.97 Å². The average Bonchev–Trinajstić information content (AvgIpc) is 2.09. The number of hydrogen-bond acceptors (Lipinski definition) is 4. The Bertz CT molecular complexity index is 328. The Kier molecular flexibility index (Phi) is 3.11. The Labute approximate surface area is 80.4 Å². The van der Waals surface area contributed by atoms with Crippen LogP contribution in [-0.4, -0.2) is 12.5 Å². The molecule has 70 valence electrons. The van der Waals surface area contributed by atoms with Crippen molar-refractivity contribution in [2.45, 2.75) is 0 Å². The fourth-order valence-corrected chi connectivity index (χ4v) is 0.957. The first-order valence-electron chi connectivity index (χ1n) is 3.59. The Morgan fingerprint density at radius 2 is 2.23 bits per heavy atom. The molecule has 1 rings (SSSR count). The van der Waals surface area contributed by atoms with E-state index in [4.69, 9.17) is 27.8 Å². The van der Waals surface area contributed by atoms with Gasteiger partial charge in [-0.15, -0.1) is 0 Å². The molecule has 0 saturated carbocycles. The monoisotopic (exact) mass is 200 g/mol. The predicted molar refractivity (Wildman–Crippen MR) is 50.6 cm³/mol. The van der Waals surface area contributed by atoms with Crippen LogP contribution >= 0.6 is 11.6 Å². The van der Waals surface area contributed by atoms with Gasteiger partial charge in [0.1, 0.15) is 0 Å². The summed E-state index contributed by atoms with van der Waals surface area (Å²) in [5.41, 5.74) is 10.9. The van der Waals surface area contributed by atoms with Gasteiger partial charge in [-0.1, -0.05) is 11.6 Å². The highest BCUT2D eigenvalue weighted by molar-refractivity contribution is 6.30. The summed E-state index contributed by atoms with van der Waals surface area (Å²) in [6.45, 7) is -0.179. The fourth-order valence-electron chi connectivity index (χ4n) is 0.777. The number of hydrogen-bond donors (Lipinski definition) is 2. The van der Waals surface area contributed by atoms with Crippen molar-refractivity contribution in [1.82, 2.24) is 0 Å². The van der Waals surface area contributed by atoms with E-state index in [9.17, 15) is 4.79 Å². The molecule has 0 aliphatic carbocycles. The van der Waals surface area contributed by atoms with Gasteiger partial charge in [-0.3, -0.25) is 4.79 Å². The van der Waals surface area contributed by atoms with Gasteiger partial charge in [0.15, 0.2) is 5.75 Å². The molecule has 13 heavy (non-hydrogen) atoms. The molecular weight excluding hydrogens is 192 g/mol. The smallest absolute Gasteiger partial charge is 0.325 e. The molecule has 4 N–H and O–H groups in total. The molecule has 0 amide bonds. The second kappa shape index (κ2) is 4.11. The van der Waals surface area contributed by atoms with Crippen LogP contribution in [0.5, 0.6) is 5.75 Å². The van der Waals surface area contributed by atoms with Crippen LogP contribution in [0.15, 0.2) is 18.2 Å². The summed E-state index contributed by atoms with van der Waals surface area (Å²) in [7, 11) is 0. The fraction of sp³-hybridized carbons (Fsp3) is 0.125. The molecule has 0 atom stereocenters. The van der Waals surface area contributed by atoms with Crippen molar-refractivity contribution in [2.75, 3.05) is 12.3 Å². The molecule has 5 heteroatoms. The van der Waals surface area contributed by atoms with Crippen molar-refractivity contribution >= 4 is 23.3 Å². The number of carbonyl (C=O) groups excluding carboxylic acids is 1. The first-order valence-corrected chi connectivity index (χ1v) is 3.97. The lowest BCUT2D eigenvalue weighted by molar-refractivity contribution is -0.132. The maximum Gasteiger partial charge on any atom is 0.325 e. The summed E-state index contributed by atoms with van der Waals surface area (Å²) >= 11 is 5.64. The molecule has 0 aliphatic rings. The van der Waals surface area contributed by atoms with Gasteiger partial charge in [0.05, 0.1) is 12.2 Å². The van der Waals surface area contributed by atoms with Gasteiger partial charge in [-0.2, -0.15) is 0 Å². The molecular formula is C8H9ClN2O2. The van der Waals surface area contributed by atoms with Crippen LogP contribution in [0.2, 0.25) is 5.02 Å². The minimum absolute atomic E-state index is 0.179. The zero-order chi connectivity index (χ0) is 9.84. The molecule has 0 aromatic heterocycles. The number of nitrogen functional groups attached to an aromatic ring is 1. The maximum absolute atomic E-state index is 10.8. The van der Waals surface area contributed by atoms with Gasteiger partial charge in [0, 0.05) is 5.02 Å². The zero-order valence-electron chi connectivity index (χ0n) is 6.79. The third-order valence-electron chi connectivity index (χ3n) is 1.36. The zero-order valence-corrected chi connectivity index (χ0v) is 7.54. The summed E-state index contributed by atoms with van der Waals surface area (Å²) in [6, 6.07) is 4.60. The van der Waals surface area contributed by atoms with Gasteiger partial charge in [0.25, 0.3) is 0 Å². The number of ether oxygens (including phenoxy) is 1. The Hall–Kier alpha value is -1.26. The van der Waals surface area contributed by atoms with Crippen molar-refractivity contribution < 1.29 is 9.53 Å². The third-order valence-corrected chi connectivity index (χ3v) is 1.60. The summed E-state index contributed by atoms with van der Waals surface area (Å²) in [5.74, 6) is -0.256. The van der Waals surface area contributed by atoms with Gasteiger partial charge in [0.2, 0.25) is 0 Å². The molecule has 0 saturated heterocycles. The SMILES string of the molecule is NCC(=O)Oc1ccc(Cl)cc1N. The van der Waals surface area contributed by atoms with E-state index in [1.807, 2.05) is 0 Å². The first-order chi connectivity index (χ1) is 6.13. The van der Waals surface area contributed by atoms with Crippen LogP contribution in [0.4, 0.5) is 5.69 Å². The van der Waals surface area contributed by atoms with Crippen LogP contribution in [0.1, 0.15) is 0 Å². The molecule has 4 nitrogen and oxygen atoms in total. The number of carbonyl (C=O) groups is 1. The Balaban J connectivity index is 2.83. The molecule has 0 fully saturated rings. The maximum atomic E-state index is 10.8. The van der Waals surface area contributed by atoms with Crippen LogP contribution < -0.4 is 16.2 Å². The van der Waals surface area contributed by atoms with E-state index in [1.165, 1.54) is 12.1 Å². The van der Waals surface area contributed by atoms with Gasteiger partial charge < -0.3 is 16.2 Å². The lowest BCUT2D eigenvalue weighted by Crippen LogP contribution is -2.19. The predicted octanol–water partition coefficient (Wildman–Crippen LogP) is 0.786. The van der Waals surface area contributed by atoms with Crippen molar-refractivity contribution in [3.63, 3.8) is 0 Å². The van der Waals surface area contributed by atoms with Crippen molar-refractivity contribution in [3.05, 3.63) is 23.2 Å². The van der Waals surface area contributed by atoms with Crippen LogP contribution in [0, 0.1) is 0 Å². The summed E-state index contributed by atoms with van der Waals surface area (Å²) in [5, 5.41) is 0.491. The molecule has 1 aromatic rings. The lowest BCUT2D eigenvalue weighted by Gasteiger charge is -2.05. The Morgan fingerprint density at radius 3 is 2.77 bits per heavy atom. The average molecular weight is 201 g/mol. The van der Waals surface area contributed by atoms with Crippen molar-refractivity contribution in [2.24, 2.45) is 5.73 Å². The molecule has 0 aliphatic heterocycles. The first kappa shape index (κ1) is 9.83. The molecule has 0 heterocycles. The van der Waals surface area contributed by atoms with Gasteiger partial charge in [-0.25, -0.2) is 0 Å². The molecule has 0 unspecified atom stereocenters. The van der Waals surface area contributed by atoms with E-state index >= 15 is 0 Å². The largest absolute Gasteiger partial charge is 0.423 e. The van der Waals surface area contributed by atoms with Crippen LogP contribution in [-0.2, 0) is 4.79 Å². The highest BCUT2D eigenvalue weighted by Gasteiger charge is 2.05.